The van der Waals surface area contributed by atoms with E-state index in [2.05, 4.69) is 49.9 Å². The smallest absolute Gasteiger partial charge is 0.0678 e. The summed E-state index contributed by atoms with van der Waals surface area (Å²) in [5.41, 5.74) is 7.71. The molecule has 1 aromatic rings. The molecule has 1 saturated heterocycles. The van der Waals surface area contributed by atoms with Gasteiger partial charge in [0.15, 0.2) is 0 Å². The maximum Gasteiger partial charge on any atom is 0.0678 e. The summed E-state index contributed by atoms with van der Waals surface area (Å²) in [6.45, 7) is 8.46. The highest BCUT2D eigenvalue weighted by atomic mass is 16.5. The Hall–Kier alpha value is -0.900. The molecule has 1 heterocycles. The van der Waals surface area contributed by atoms with Crippen LogP contribution in [0.5, 0.6) is 0 Å². The zero-order chi connectivity index (χ0) is 13.8. The number of ether oxygens (including phenoxy) is 1. The van der Waals surface area contributed by atoms with Crippen molar-refractivity contribution in [2.24, 2.45) is 5.73 Å². The van der Waals surface area contributed by atoms with E-state index in [4.69, 9.17) is 10.5 Å². The van der Waals surface area contributed by atoms with Crippen molar-refractivity contribution in [2.45, 2.75) is 51.5 Å². The maximum absolute atomic E-state index is 6.49. The van der Waals surface area contributed by atoms with Gasteiger partial charge in [-0.05, 0) is 25.8 Å². The fourth-order valence-corrected chi connectivity index (χ4v) is 3.13. The molecule has 2 rings (SSSR count). The summed E-state index contributed by atoms with van der Waals surface area (Å²) >= 11 is 0. The zero-order valence-corrected chi connectivity index (χ0v) is 12.3. The van der Waals surface area contributed by atoms with Crippen LogP contribution in [0.1, 0.15) is 38.8 Å². The van der Waals surface area contributed by atoms with E-state index < -0.39 is 0 Å². The molecule has 1 fully saturated rings. The molecule has 0 spiro atoms. The molecule has 19 heavy (non-hydrogen) atoms. The second kappa shape index (κ2) is 6.51. The highest BCUT2D eigenvalue weighted by Gasteiger charge is 2.30. The Bertz CT molecular complexity index is 372. The van der Waals surface area contributed by atoms with Gasteiger partial charge in [0.1, 0.15) is 0 Å². The lowest BCUT2D eigenvalue weighted by Crippen LogP contribution is -2.52. The number of morpholine rings is 1. The summed E-state index contributed by atoms with van der Waals surface area (Å²) in [6, 6.07) is 10.9. The minimum absolute atomic E-state index is 0.0729. The van der Waals surface area contributed by atoms with Gasteiger partial charge in [-0.2, -0.15) is 0 Å². The predicted octanol–water partition coefficient (Wildman–Crippen LogP) is 2.57. The molecule has 0 aliphatic carbocycles. The molecule has 0 radical (unpaired) electrons. The summed E-state index contributed by atoms with van der Waals surface area (Å²) < 4.78 is 5.81. The van der Waals surface area contributed by atoms with E-state index in [1.807, 2.05) is 6.07 Å². The zero-order valence-electron chi connectivity index (χ0n) is 12.3. The summed E-state index contributed by atoms with van der Waals surface area (Å²) in [7, 11) is 0. The van der Waals surface area contributed by atoms with Gasteiger partial charge in [0.05, 0.1) is 12.2 Å². The highest BCUT2D eigenvalue weighted by molar-refractivity contribution is 5.20. The van der Waals surface area contributed by atoms with E-state index in [9.17, 15) is 0 Å². The predicted molar refractivity (Wildman–Crippen MR) is 79.0 cm³/mol. The van der Waals surface area contributed by atoms with Gasteiger partial charge in [0, 0.05) is 25.2 Å². The van der Waals surface area contributed by atoms with Crippen molar-refractivity contribution in [1.29, 1.82) is 0 Å². The number of benzene rings is 1. The molecule has 3 heteroatoms. The van der Waals surface area contributed by atoms with Gasteiger partial charge < -0.3 is 10.5 Å². The molecular weight excluding hydrogens is 236 g/mol. The van der Waals surface area contributed by atoms with Crippen molar-refractivity contribution >= 4 is 0 Å². The first-order valence-corrected chi connectivity index (χ1v) is 7.31. The van der Waals surface area contributed by atoms with Crippen molar-refractivity contribution in [3.8, 4) is 0 Å². The average Bonchev–Trinajstić information content (AvgIpc) is 2.39. The summed E-state index contributed by atoms with van der Waals surface area (Å²) in [6.07, 6.45) is 1.65. The van der Waals surface area contributed by atoms with Crippen LogP contribution in [0.15, 0.2) is 30.3 Å². The molecule has 106 valence electrons. The molecule has 4 atom stereocenters. The van der Waals surface area contributed by atoms with Gasteiger partial charge in [0.25, 0.3) is 0 Å². The Kier molecular flexibility index (Phi) is 4.97. The Labute approximate surface area is 116 Å². The van der Waals surface area contributed by atoms with Crippen molar-refractivity contribution in [2.75, 3.05) is 13.1 Å². The Morgan fingerprint density at radius 1 is 1.21 bits per heavy atom. The molecule has 1 aliphatic rings. The molecule has 1 aromatic carbocycles. The Balaban J connectivity index is 2.11. The van der Waals surface area contributed by atoms with Crippen LogP contribution in [0.4, 0.5) is 0 Å². The minimum atomic E-state index is 0.0729. The van der Waals surface area contributed by atoms with E-state index in [-0.39, 0.29) is 6.04 Å². The first-order valence-electron chi connectivity index (χ1n) is 7.31. The van der Waals surface area contributed by atoms with E-state index >= 15 is 0 Å². The second-order valence-corrected chi connectivity index (χ2v) is 5.62. The first kappa shape index (κ1) is 14.5. The van der Waals surface area contributed by atoms with Crippen LogP contribution in [-0.4, -0.2) is 36.2 Å². The van der Waals surface area contributed by atoms with E-state index in [1.54, 1.807) is 0 Å². The molecule has 0 saturated carbocycles. The van der Waals surface area contributed by atoms with Crippen LogP contribution in [0.25, 0.3) is 0 Å². The lowest BCUT2D eigenvalue weighted by atomic mass is 9.96. The topological polar surface area (TPSA) is 38.5 Å². The number of hydrogen-bond donors (Lipinski definition) is 1. The number of nitrogens with zero attached hydrogens (tertiary/aromatic N) is 1. The lowest BCUT2D eigenvalue weighted by Gasteiger charge is -2.42. The van der Waals surface area contributed by atoms with Crippen LogP contribution in [0.2, 0.25) is 0 Å². The largest absolute Gasteiger partial charge is 0.373 e. The molecule has 2 unspecified atom stereocenters. The van der Waals surface area contributed by atoms with Gasteiger partial charge in [0.2, 0.25) is 0 Å². The quantitative estimate of drug-likeness (QED) is 0.906. The first-order chi connectivity index (χ1) is 9.11. The molecule has 1 aliphatic heterocycles. The standard InChI is InChI=1S/C16H26N2O/c1-4-15(16(17)14-8-6-5-7-9-14)18-10-12(2)19-13(3)11-18/h5-9,12-13,15-16H,4,10-11,17H2,1-3H3/t12-,13+,15?,16?. The second-order valence-electron chi connectivity index (χ2n) is 5.62. The molecule has 0 amide bonds. The third-order valence-corrected chi connectivity index (χ3v) is 3.93. The highest BCUT2D eigenvalue weighted by Crippen LogP contribution is 2.24. The average molecular weight is 262 g/mol. The van der Waals surface area contributed by atoms with Crippen LogP contribution in [0, 0.1) is 0 Å². The number of nitrogens with two attached hydrogens (primary N) is 1. The Morgan fingerprint density at radius 3 is 2.32 bits per heavy atom. The van der Waals surface area contributed by atoms with Crippen LogP contribution < -0.4 is 5.73 Å². The van der Waals surface area contributed by atoms with E-state index in [0.717, 1.165) is 19.5 Å². The summed E-state index contributed by atoms with van der Waals surface area (Å²) in [5.74, 6) is 0. The van der Waals surface area contributed by atoms with Gasteiger partial charge in [-0.1, -0.05) is 37.3 Å². The van der Waals surface area contributed by atoms with Gasteiger partial charge in [-0.25, -0.2) is 0 Å². The number of rotatable bonds is 4. The molecule has 3 nitrogen and oxygen atoms in total. The molecule has 0 aromatic heterocycles. The van der Waals surface area contributed by atoms with E-state index in [1.165, 1.54) is 5.56 Å². The third kappa shape index (κ3) is 3.56. The number of hydrogen-bond acceptors (Lipinski definition) is 3. The summed E-state index contributed by atoms with van der Waals surface area (Å²) in [5, 5.41) is 0. The van der Waals surface area contributed by atoms with E-state index in [0.29, 0.717) is 18.2 Å². The molecule has 2 N–H and O–H groups in total. The van der Waals surface area contributed by atoms with Crippen molar-refractivity contribution in [3.05, 3.63) is 35.9 Å². The van der Waals surface area contributed by atoms with Crippen molar-refractivity contribution in [1.82, 2.24) is 4.90 Å². The normalized spacial score (nSPS) is 28.0. The minimum Gasteiger partial charge on any atom is -0.373 e. The fraction of sp³-hybridized carbons (Fsp3) is 0.625. The SMILES string of the molecule is CCC(C(N)c1ccccc1)N1C[C@@H](C)O[C@@H](C)C1. The monoisotopic (exact) mass is 262 g/mol. The van der Waals surface area contributed by atoms with Crippen LogP contribution >= 0.6 is 0 Å². The van der Waals surface area contributed by atoms with Gasteiger partial charge in [-0.15, -0.1) is 0 Å². The maximum atomic E-state index is 6.49. The molecular formula is C16H26N2O. The van der Waals surface area contributed by atoms with Crippen molar-refractivity contribution < 1.29 is 4.74 Å². The van der Waals surface area contributed by atoms with Crippen LogP contribution in [0.3, 0.4) is 0 Å². The van der Waals surface area contributed by atoms with Crippen LogP contribution in [-0.2, 0) is 4.74 Å². The fourth-order valence-electron chi connectivity index (χ4n) is 3.13. The van der Waals surface area contributed by atoms with Gasteiger partial charge in [-0.3, -0.25) is 4.90 Å². The lowest BCUT2D eigenvalue weighted by molar-refractivity contribution is -0.0835. The molecule has 0 bridgehead atoms. The Morgan fingerprint density at radius 2 is 1.79 bits per heavy atom. The van der Waals surface area contributed by atoms with Crippen molar-refractivity contribution in [3.63, 3.8) is 0 Å². The summed E-state index contributed by atoms with van der Waals surface area (Å²) in [4.78, 5) is 2.50. The van der Waals surface area contributed by atoms with Gasteiger partial charge >= 0.3 is 0 Å². The third-order valence-electron chi connectivity index (χ3n) is 3.93.